The Morgan fingerprint density at radius 1 is 0.643 bits per heavy atom. The number of benzene rings is 4. The lowest BCUT2D eigenvalue weighted by Gasteiger charge is -2.31. The van der Waals surface area contributed by atoms with Gasteiger partial charge in [-0.1, -0.05) is 19.1 Å². The molecular formula is C29H32N4O8S. The Hall–Kier alpha value is -5.30. The zero-order valence-corrected chi connectivity index (χ0v) is 23.3. The van der Waals surface area contributed by atoms with E-state index < -0.39 is 21.2 Å². The monoisotopic (exact) mass is 596 g/mol. The van der Waals surface area contributed by atoms with Crippen LogP contribution in [0.1, 0.15) is 30.9 Å². The molecule has 222 valence electrons. The van der Waals surface area contributed by atoms with Crippen LogP contribution in [0.5, 0.6) is 23.0 Å². The van der Waals surface area contributed by atoms with Crippen LogP contribution in [0.2, 0.25) is 0 Å². The summed E-state index contributed by atoms with van der Waals surface area (Å²) in [4.78, 5) is 10.9. The lowest BCUT2D eigenvalue weighted by atomic mass is 9.72. The summed E-state index contributed by atoms with van der Waals surface area (Å²) < 4.78 is 24.6. The summed E-state index contributed by atoms with van der Waals surface area (Å²) in [6.07, 6.45) is 0.273. The van der Waals surface area contributed by atoms with Gasteiger partial charge in [0.2, 0.25) is 9.84 Å². The first-order chi connectivity index (χ1) is 19.6. The van der Waals surface area contributed by atoms with Gasteiger partial charge in [-0.25, -0.2) is 8.42 Å². The number of hydrogen-bond acceptors (Lipinski definition) is 11. The van der Waals surface area contributed by atoms with Crippen molar-refractivity contribution in [3.05, 3.63) is 83.9 Å². The number of carboxylic acids is 1. The minimum absolute atomic E-state index is 0.0282. The first-order valence-electron chi connectivity index (χ1n) is 12.4. The fraction of sp³-hybridized carbons (Fsp3) is 0.138. The molecular weight excluding hydrogens is 564 g/mol. The first kappa shape index (κ1) is 31.2. The molecule has 13 N–H and O–H groups in total. The van der Waals surface area contributed by atoms with Gasteiger partial charge in [0.1, 0.15) is 23.0 Å². The van der Waals surface area contributed by atoms with E-state index in [2.05, 4.69) is 0 Å². The quantitative estimate of drug-likeness (QED) is 0.110. The van der Waals surface area contributed by atoms with Gasteiger partial charge in [0.05, 0.1) is 32.5 Å². The van der Waals surface area contributed by atoms with Gasteiger partial charge >= 0.3 is 5.97 Å². The molecule has 0 atom stereocenters. The van der Waals surface area contributed by atoms with E-state index in [4.69, 9.17) is 28.0 Å². The van der Waals surface area contributed by atoms with Crippen molar-refractivity contribution in [1.82, 2.24) is 0 Å². The number of anilines is 4. The van der Waals surface area contributed by atoms with E-state index in [-0.39, 0.29) is 62.0 Å². The van der Waals surface area contributed by atoms with Crippen LogP contribution >= 0.6 is 0 Å². The maximum absolute atomic E-state index is 12.3. The molecule has 0 fully saturated rings. The number of carbonyl (C=O) groups is 1. The average molecular weight is 597 g/mol. The summed E-state index contributed by atoms with van der Waals surface area (Å²) in [6, 6.07) is 16.8. The number of phenolic OH excluding ortho intramolecular Hbond substituents is 4. The van der Waals surface area contributed by atoms with Gasteiger partial charge in [0, 0.05) is 11.8 Å². The fourth-order valence-electron chi connectivity index (χ4n) is 4.14. The number of hydrogen-bond donors (Lipinski definition) is 9. The Balaban J connectivity index is 0.000000235. The van der Waals surface area contributed by atoms with E-state index in [1.165, 1.54) is 36.4 Å². The second-order valence-electron chi connectivity index (χ2n) is 9.72. The minimum Gasteiger partial charge on any atom is -0.506 e. The summed E-state index contributed by atoms with van der Waals surface area (Å²) in [5, 5.41) is 46.8. The largest absolute Gasteiger partial charge is 0.506 e. The second-order valence-corrected chi connectivity index (χ2v) is 11.7. The second kappa shape index (κ2) is 12.1. The molecule has 42 heavy (non-hydrogen) atoms. The zero-order valence-electron chi connectivity index (χ0n) is 22.5. The molecule has 0 amide bonds. The van der Waals surface area contributed by atoms with E-state index in [1.54, 1.807) is 24.3 Å². The molecule has 0 aliphatic carbocycles. The molecule has 0 heterocycles. The number of nitrogen functional groups attached to an aromatic ring is 4. The standard InChI is InChI=1S/C17H20N2O4.C12H12N2O4S/c1-17(7-6-16(22)23,10-2-4-14(20)12(18)8-10)11-3-5-15(21)13(19)9-11;13-9-5-7(1-3-11(9)15)19(17,18)8-2-4-12(16)10(14)6-8/h2-5,8-9,20-21H,6-7,18-19H2,1H3,(H,22,23);1-6,15-16H,13-14H2. The van der Waals surface area contributed by atoms with Crippen LogP contribution in [-0.2, 0) is 20.0 Å². The van der Waals surface area contributed by atoms with E-state index in [9.17, 15) is 33.6 Å². The third-order valence-electron chi connectivity index (χ3n) is 6.79. The number of rotatable bonds is 7. The summed E-state index contributed by atoms with van der Waals surface area (Å²) >= 11 is 0. The zero-order chi connectivity index (χ0) is 31.4. The third kappa shape index (κ3) is 6.70. The summed E-state index contributed by atoms with van der Waals surface area (Å²) in [7, 11) is -3.80. The van der Waals surface area contributed by atoms with E-state index >= 15 is 0 Å². The van der Waals surface area contributed by atoms with Crippen molar-refractivity contribution in [2.75, 3.05) is 22.9 Å². The van der Waals surface area contributed by atoms with Crippen molar-refractivity contribution >= 4 is 38.6 Å². The molecule has 0 radical (unpaired) electrons. The Morgan fingerprint density at radius 3 is 1.29 bits per heavy atom. The number of aliphatic carboxylic acids is 1. The summed E-state index contributed by atoms with van der Waals surface area (Å²) in [6.45, 7) is 1.88. The highest BCUT2D eigenvalue weighted by atomic mass is 32.2. The lowest BCUT2D eigenvalue weighted by molar-refractivity contribution is -0.137. The number of aromatic hydroxyl groups is 4. The Morgan fingerprint density at radius 2 is 0.976 bits per heavy atom. The van der Waals surface area contributed by atoms with Crippen LogP contribution < -0.4 is 22.9 Å². The molecule has 0 aliphatic heterocycles. The first-order valence-corrected chi connectivity index (χ1v) is 13.9. The number of nitrogens with two attached hydrogens (primary N) is 4. The smallest absolute Gasteiger partial charge is 0.303 e. The highest BCUT2D eigenvalue weighted by Crippen LogP contribution is 2.40. The van der Waals surface area contributed by atoms with Crippen LogP contribution in [0.4, 0.5) is 22.7 Å². The molecule has 0 bridgehead atoms. The molecule has 12 nitrogen and oxygen atoms in total. The number of sulfone groups is 1. The van der Waals surface area contributed by atoms with E-state index in [0.29, 0.717) is 6.42 Å². The SMILES string of the molecule is CC(CCC(=O)O)(c1ccc(O)c(N)c1)c1ccc(O)c(N)c1.Nc1cc(S(=O)(=O)c2ccc(O)c(N)c2)ccc1O. The van der Waals surface area contributed by atoms with Gasteiger partial charge in [-0.05, 0) is 78.2 Å². The predicted molar refractivity (Wildman–Crippen MR) is 159 cm³/mol. The van der Waals surface area contributed by atoms with Crippen molar-refractivity contribution < 1.29 is 38.7 Å². The predicted octanol–water partition coefficient (Wildman–Crippen LogP) is 3.53. The van der Waals surface area contributed by atoms with Gasteiger partial charge in [-0.15, -0.1) is 0 Å². The normalized spacial score (nSPS) is 11.4. The van der Waals surface area contributed by atoms with E-state index in [0.717, 1.165) is 23.3 Å². The van der Waals surface area contributed by atoms with Crippen LogP contribution in [0.25, 0.3) is 0 Å². The molecule has 0 spiro atoms. The molecule has 0 unspecified atom stereocenters. The van der Waals surface area contributed by atoms with Crippen LogP contribution in [0, 0.1) is 0 Å². The molecule has 4 aromatic rings. The number of carboxylic acid groups (broad SMARTS) is 1. The lowest BCUT2D eigenvalue weighted by Crippen LogP contribution is -2.25. The van der Waals surface area contributed by atoms with Crippen molar-refractivity contribution in [3.63, 3.8) is 0 Å². The van der Waals surface area contributed by atoms with Crippen LogP contribution in [0.3, 0.4) is 0 Å². The van der Waals surface area contributed by atoms with Gasteiger partial charge in [0.25, 0.3) is 0 Å². The molecule has 0 saturated carbocycles. The molecule has 4 aromatic carbocycles. The van der Waals surface area contributed by atoms with E-state index in [1.807, 2.05) is 6.92 Å². The molecule has 0 aromatic heterocycles. The van der Waals surface area contributed by atoms with Gasteiger partial charge in [-0.3, -0.25) is 4.79 Å². The summed E-state index contributed by atoms with van der Waals surface area (Å²) in [5.74, 6) is -1.35. The van der Waals surface area contributed by atoms with Crippen molar-refractivity contribution in [2.24, 2.45) is 0 Å². The minimum atomic E-state index is -3.80. The fourth-order valence-corrected chi connectivity index (χ4v) is 5.47. The van der Waals surface area contributed by atoms with Gasteiger partial charge in [-0.2, -0.15) is 0 Å². The van der Waals surface area contributed by atoms with Crippen molar-refractivity contribution in [1.29, 1.82) is 0 Å². The molecule has 13 heteroatoms. The Labute approximate surface area is 242 Å². The van der Waals surface area contributed by atoms with Crippen LogP contribution in [-0.4, -0.2) is 39.9 Å². The van der Waals surface area contributed by atoms with Gasteiger partial charge in [0.15, 0.2) is 0 Å². The highest BCUT2D eigenvalue weighted by molar-refractivity contribution is 7.91. The highest BCUT2D eigenvalue weighted by Gasteiger charge is 2.31. The van der Waals surface area contributed by atoms with Crippen molar-refractivity contribution in [2.45, 2.75) is 35.0 Å². The number of phenols is 4. The summed E-state index contributed by atoms with van der Waals surface area (Å²) in [5.41, 5.74) is 23.7. The molecule has 4 rings (SSSR count). The Kier molecular flexibility index (Phi) is 8.97. The Bertz CT molecular complexity index is 1630. The third-order valence-corrected chi connectivity index (χ3v) is 8.54. The van der Waals surface area contributed by atoms with Crippen LogP contribution in [0.15, 0.2) is 82.6 Å². The molecule has 0 aliphatic rings. The topological polar surface area (TPSA) is 256 Å². The maximum Gasteiger partial charge on any atom is 0.303 e. The maximum atomic E-state index is 12.3. The molecule has 0 saturated heterocycles. The van der Waals surface area contributed by atoms with Crippen molar-refractivity contribution in [3.8, 4) is 23.0 Å². The van der Waals surface area contributed by atoms with Gasteiger partial charge < -0.3 is 48.5 Å². The average Bonchev–Trinajstić information content (AvgIpc) is 2.93.